The highest BCUT2D eigenvalue weighted by atomic mass is 32.1. The number of rotatable bonds is 5. The molecule has 2 rings (SSSR count). The smallest absolute Gasteiger partial charge is 0.253 e. The molecule has 2 aromatic rings. The Morgan fingerprint density at radius 1 is 1.35 bits per heavy atom. The number of aryl methyl sites for hydroxylation is 2. The third-order valence-electron chi connectivity index (χ3n) is 2.98. The lowest BCUT2D eigenvalue weighted by atomic mass is 10.1. The van der Waals surface area contributed by atoms with E-state index in [1.54, 1.807) is 11.3 Å². The summed E-state index contributed by atoms with van der Waals surface area (Å²) in [6.07, 6.45) is 0.769. The number of hydrogen-bond donors (Lipinski definition) is 2. The van der Waals surface area contributed by atoms with Gasteiger partial charge in [0.05, 0.1) is 10.6 Å². The van der Waals surface area contributed by atoms with Gasteiger partial charge in [-0.3, -0.25) is 4.79 Å². The van der Waals surface area contributed by atoms with E-state index in [9.17, 15) is 4.79 Å². The Hall–Kier alpha value is -1.88. The molecule has 1 amide bonds. The van der Waals surface area contributed by atoms with E-state index < -0.39 is 0 Å². The largest absolute Gasteiger partial charge is 0.387 e. The lowest BCUT2D eigenvalue weighted by Gasteiger charge is -2.10. The van der Waals surface area contributed by atoms with Crippen LogP contribution in [0.1, 0.15) is 26.6 Å². The highest BCUT2D eigenvalue weighted by Crippen LogP contribution is 2.16. The Balaban J connectivity index is 1.96. The summed E-state index contributed by atoms with van der Waals surface area (Å²) in [5.41, 5.74) is 3.64. The molecule has 5 heteroatoms. The van der Waals surface area contributed by atoms with E-state index in [0.717, 1.165) is 28.4 Å². The van der Waals surface area contributed by atoms with Crippen molar-refractivity contribution in [2.24, 2.45) is 0 Å². The number of thiazole rings is 1. The molecule has 0 aliphatic rings. The monoisotopic (exact) mass is 289 g/mol. The molecule has 2 N–H and O–H groups in total. The zero-order valence-corrected chi connectivity index (χ0v) is 12.8. The van der Waals surface area contributed by atoms with E-state index in [1.807, 2.05) is 44.5 Å². The molecule has 0 radical (unpaired) electrons. The molecule has 0 bridgehead atoms. The number of nitrogens with one attached hydrogen (secondary N) is 2. The van der Waals surface area contributed by atoms with Crippen LogP contribution in [0.15, 0.2) is 23.6 Å². The summed E-state index contributed by atoms with van der Waals surface area (Å²) in [5.74, 6) is -0.0497. The number of anilines is 1. The van der Waals surface area contributed by atoms with Crippen LogP contribution in [-0.4, -0.2) is 24.5 Å². The normalized spacial score (nSPS) is 10.3. The quantitative estimate of drug-likeness (QED) is 0.890. The van der Waals surface area contributed by atoms with Crippen molar-refractivity contribution in [2.75, 3.05) is 18.9 Å². The van der Waals surface area contributed by atoms with Crippen molar-refractivity contribution < 1.29 is 4.79 Å². The van der Waals surface area contributed by atoms with Crippen LogP contribution < -0.4 is 10.6 Å². The minimum absolute atomic E-state index is 0.0497. The first-order chi connectivity index (χ1) is 9.60. The summed E-state index contributed by atoms with van der Waals surface area (Å²) in [6.45, 7) is 4.56. The maximum atomic E-state index is 12.2. The molecule has 0 saturated heterocycles. The predicted molar refractivity (Wildman–Crippen MR) is 83.6 cm³/mol. The fourth-order valence-corrected chi connectivity index (χ4v) is 2.74. The second-order valence-electron chi connectivity index (χ2n) is 4.69. The Bertz CT molecular complexity index is 607. The van der Waals surface area contributed by atoms with Gasteiger partial charge in [0.2, 0.25) is 0 Å². The molecule has 0 saturated carbocycles. The second-order valence-corrected chi connectivity index (χ2v) is 5.63. The highest BCUT2D eigenvalue weighted by molar-refractivity contribution is 7.09. The third kappa shape index (κ3) is 3.57. The van der Waals surface area contributed by atoms with Crippen molar-refractivity contribution in [1.82, 2.24) is 10.3 Å². The molecule has 1 aromatic carbocycles. The lowest BCUT2D eigenvalue weighted by Crippen LogP contribution is -2.26. The first kappa shape index (κ1) is 14.5. The topological polar surface area (TPSA) is 54.0 Å². The number of aromatic nitrogens is 1. The van der Waals surface area contributed by atoms with Gasteiger partial charge in [0.1, 0.15) is 0 Å². The number of hydrogen-bond acceptors (Lipinski definition) is 4. The molecule has 1 heterocycles. The standard InChI is InChI=1S/C15H19N3OS/c1-10-4-5-13(16-3)12(8-10)15(19)17-7-6-14-18-11(2)9-20-14/h4-5,8-9,16H,6-7H2,1-3H3,(H,17,19). The van der Waals surface area contributed by atoms with Crippen LogP contribution in [0.2, 0.25) is 0 Å². The third-order valence-corrected chi connectivity index (χ3v) is 4.01. The SMILES string of the molecule is CNc1ccc(C)cc1C(=O)NCCc1nc(C)cs1. The van der Waals surface area contributed by atoms with Gasteiger partial charge in [-0.25, -0.2) is 4.98 Å². The zero-order valence-electron chi connectivity index (χ0n) is 12.0. The van der Waals surface area contributed by atoms with Crippen LogP contribution in [0, 0.1) is 13.8 Å². The first-order valence-electron chi connectivity index (χ1n) is 6.57. The van der Waals surface area contributed by atoms with E-state index in [0.29, 0.717) is 12.1 Å². The summed E-state index contributed by atoms with van der Waals surface area (Å²) < 4.78 is 0. The van der Waals surface area contributed by atoms with Gasteiger partial charge < -0.3 is 10.6 Å². The highest BCUT2D eigenvalue weighted by Gasteiger charge is 2.10. The van der Waals surface area contributed by atoms with Gasteiger partial charge in [-0.2, -0.15) is 0 Å². The van der Waals surface area contributed by atoms with E-state index in [-0.39, 0.29) is 5.91 Å². The lowest BCUT2D eigenvalue weighted by molar-refractivity contribution is 0.0955. The Labute approximate surface area is 123 Å². The fraction of sp³-hybridized carbons (Fsp3) is 0.333. The van der Waals surface area contributed by atoms with Gasteiger partial charge in [-0.05, 0) is 26.0 Å². The van der Waals surface area contributed by atoms with Crippen LogP contribution >= 0.6 is 11.3 Å². The van der Waals surface area contributed by atoms with Gasteiger partial charge >= 0.3 is 0 Å². The summed E-state index contributed by atoms with van der Waals surface area (Å²) in [6, 6.07) is 5.81. The van der Waals surface area contributed by atoms with Crippen molar-refractivity contribution >= 4 is 22.9 Å². The first-order valence-corrected chi connectivity index (χ1v) is 7.45. The van der Waals surface area contributed by atoms with Crippen molar-refractivity contribution in [2.45, 2.75) is 20.3 Å². The van der Waals surface area contributed by atoms with Gasteiger partial charge in [0.15, 0.2) is 0 Å². The Morgan fingerprint density at radius 3 is 2.80 bits per heavy atom. The molecule has 1 aromatic heterocycles. The van der Waals surface area contributed by atoms with Gasteiger partial charge in [0.25, 0.3) is 5.91 Å². The van der Waals surface area contributed by atoms with E-state index >= 15 is 0 Å². The van der Waals surface area contributed by atoms with E-state index in [4.69, 9.17) is 0 Å². The molecule has 4 nitrogen and oxygen atoms in total. The van der Waals surface area contributed by atoms with Crippen LogP contribution in [0.5, 0.6) is 0 Å². The molecular formula is C15H19N3OS. The average molecular weight is 289 g/mol. The molecule has 0 aliphatic heterocycles. The molecule has 0 atom stereocenters. The summed E-state index contributed by atoms with van der Waals surface area (Å²) >= 11 is 1.63. The number of carbonyl (C=O) groups is 1. The minimum Gasteiger partial charge on any atom is -0.387 e. The van der Waals surface area contributed by atoms with Crippen LogP contribution in [0.4, 0.5) is 5.69 Å². The Kier molecular flexibility index (Phi) is 4.74. The summed E-state index contributed by atoms with van der Waals surface area (Å²) in [5, 5.41) is 9.07. The van der Waals surface area contributed by atoms with Crippen LogP contribution in [-0.2, 0) is 6.42 Å². The summed E-state index contributed by atoms with van der Waals surface area (Å²) in [7, 11) is 1.82. The molecule has 0 unspecified atom stereocenters. The molecule has 0 aliphatic carbocycles. The number of benzene rings is 1. The van der Waals surface area contributed by atoms with Crippen molar-refractivity contribution in [3.63, 3.8) is 0 Å². The van der Waals surface area contributed by atoms with Crippen LogP contribution in [0.3, 0.4) is 0 Å². The van der Waals surface area contributed by atoms with Crippen LogP contribution in [0.25, 0.3) is 0 Å². The molecule has 20 heavy (non-hydrogen) atoms. The minimum atomic E-state index is -0.0497. The molecule has 0 spiro atoms. The maximum absolute atomic E-state index is 12.2. The van der Waals surface area contributed by atoms with Crippen molar-refractivity contribution in [3.8, 4) is 0 Å². The van der Waals surface area contributed by atoms with E-state index in [1.165, 1.54) is 0 Å². The van der Waals surface area contributed by atoms with Gasteiger partial charge in [-0.15, -0.1) is 11.3 Å². The van der Waals surface area contributed by atoms with Gasteiger partial charge in [0, 0.05) is 36.8 Å². The summed E-state index contributed by atoms with van der Waals surface area (Å²) in [4.78, 5) is 16.6. The average Bonchev–Trinajstić information content (AvgIpc) is 2.84. The zero-order chi connectivity index (χ0) is 14.5. The Morgan fingerprint density at radius 2 is 2.15 bits per heavy atom. The van der Waals surface area contributed by atoms with Crippen molar-refractivity contribution in [3.05, 3.63) is 45.4 Å². The number of carbonyl (C=O) groups excluding carboxylic acids is 1. The van der Waals surface area contributed by atoms with Gasteiger partial charge in [-0.1, -0.05) is 11.6 Å². The van der Waals surface area contributed by atoms with Crippen molar-refractivity contribution in [1.29, 1.82) is 0 Å². The van der Waals surface area contributed by atoms with E-state index in [2.05, 4.69) is 15.6 Å². The molecular weight excluding hydrogens is 270 g/mol. The second kappa shape index (κ2) is 6.52. The molecule has 0 fully saturated rings. The number of amides is 1. The fourth-order valence-electron chi connectivity index (χ4n) is 1.96. The maximum Gasteiger partial charge on any atom is 0.253 e. The predicted octanol–water partition coefficient (Wildman–Crippen LogP) is 2.77. The molecule has 106 valence electrons. The number of nitrogens with zero attached hydrogens (tertiary/aromatic N) is 1.